The number of nitro benzene ring substituents is 1. The van der Waals surface area contributed by atoms with E-state index in [-0.39, 0.29) is 27.0 Å². The Kier molecular flexibility index (Phi) is 7.26. The van der Waals surface area contributed by atoms with Crippen LogP contribution >= 0.6 is 15.9 Å². The van der Waals surface area contributed by atoms with Gasteiger partial charge < -0.3 is 4.90 Å². The van der Waals surface area contributed by atoms with E-state index in [1.165, 1.54) is 12.1 Å². The largest absolute Gasteiger partial charge is 0.433 e. The van der Waals surface area contributed by atoms with Crippen LogP contribution in [0.5, 0.6) is 0 Å². The maximum absolute atomic E-state index is 13.9. The van der Waals surface area contributed by atoms with E-state index in [0.717, 1.165) is 35.4 Å². The van der Waals surface area contributed by atoms with Gasteiger partial charge in [-0.2, -0.15) is 13.2 Å². The van der Waals surface area contributed by atoms with E-state index in [2.05, 4.69) is 20.9 Å². The van der Waals surface area contributed by atoms with Crippen LogP contribution in [0.2, 0.25) is 0 Å². The van der Waals surface area contributed by atoms with E-state index in [9.17, 15) is 40.9 Å². The molecule has 14 heteroatoms. The molecule has 0 N–H and O–H groups in total. The van der Waals surface area contributed by atoms with Crippen LogP contribution in [-0.4, -0.2) is 30.5 Å². The van der Waals surface area contributed by atoms with Crippen LogP contribution in [0, 0.1) is 15.9 Å². The van der Waals surface area contributed by atoms with Crippen molar-refractivity contribution in [2.45, 2.75) is 17.6 Å². The molecule has 2 aromatic carbocycles. The minimum atomic E-state index is -4.75. The lowest BCUT2D eigenvalue weighted by Gasteiger charge is -2.25. The second-order valence-electron chi connectivity index (χ2n) is 7.25. The molecule has 1 heterocycles. The zero-order valence-electron chi connectivity index (χ0n) is 17.6. The normalized spacial score (nSPS) is 11.8. The van der Waals surface area contributed by atoms with Crippen LogP contribution in [0.3, 0.4) is 0 Å². The highest BCUT2D eigenvalue weighted by Gasteiger charge is 2.33. The highest BCUT2D eigenvalue weighted by Crippen LogP contribution is 2.32. The molecule has 1 amide bonds. The Morgan fingerprint density at radius 3 is 2.37 bits per heavy atom. The Balaban J connectivity index is 2.16. The minimum Gasteiger partial charge on any atom is -0.303 e. The predicted octanol–water partition coefficient (Wildman–Crippen LogP) is 5.16. The first kappa shape index (κ1) is 26.2. The molecular weight excluding hydrogens is 562 g/mol. The lowest BCUT2D eigenvalue weighted by Crippen LogP contribution is -2.32. The van der Waals surface area contributed by atoms with E-state index in [0.29, 0.717) is 18.3 Å². The van der Waals surface area contributed by atoms with Crippen molar-refractivity contribution in [2.75, 3.05) is 11.2 Å². The van der Waals surface area contributed by atoms with Gasteiger partial charge in [-0.05, 0) is 57.9 Å². The minimum absolute atomic E-state index is 0.148. The van der Waals surface area contributed by atoms with E-state index in [1.807, 2.05) is 0 Å². The average molecular weight is 576 g/mol. The van der Waals surface area contributed by atoms with Gasteiger partial charge in [0.05, 0.1) is 32.1 Å². The lowest BCUT2D eigenvalue weighted by molar-refractivity contribution is -0.385. The average Bonchev–Trinajstić information content (AvgIpc) is 2.77. The van der Waals surface area contributed by atoms with Crippen LogP contribution in [0.1, 0.15) is 21.6 Å². The monoisotopic (exact) mass is 575 g/mol. The maximum atomic E-state index is 13.9. The lowest BCUT2D eigenvalue weighted by atomic mass is 10.1. The number of pyridine rings is 1. The molecule has 3 rings (SSSR count). The number of amides is 1. The smallest absolute Gasteiger partial charge is 0.303 e. The molecule has 0 atom stereocenters. The Morgan fingerprint density at radius 2 is 1.83 bits per heavy atom. The van der Waals surface area contributed by atoms with Gasteiger partial charge in [0, 0.05) is 18.5 Å². The number of benzene rings is 2. The summed E-state index contributed by atoms with van der Waals surface area (Å²) < 4.78 is 77.3. The summed E-state index contributed by atoms with van der Waals surface area (Å²) in [5.41, 5.74) is -1.99. The molecule has 0 unspecified atom stereocenters. The van der Waals surface area contributed by atoms with Gasteiger partial charge in [0.1, 0.15) is 11.5 Å². The van der Waals surface area contributed by atoms with E-state index in [1.54, 1.807) is 0 Å². The van der Waals surface area contributed by atoms with Crippen molar-refractivity contribution in [1.29, 1.82) is 0 Å². The topological polar surface area (TPSA) is 110 Å². The SMILES string of the molecule is CS(=O)(=O)c1cc(F)ccc1N(Cc1ccc(Br)c([N+](=O)[O-])c1)C(=O)c1ccc(C(F)(F)F)nc1. The molecule has 8 nitrogen and oxygen atoms in total. The first-order valence-corrected chi connectivity index (χ1v) is 12.1. The summed E-state index contributed by atoms with van der Waals surface area (Å²) in [6, 6.07) is 7.97. The third-order valence-electron chi connectivity index (χ3n) is 4.71. The van der Waals surface area contributed by atoms with Gasteiger partial charge in [-0.15, -0.1) is 0 Å². The molecule has 184 valence electrons. The number of rotatable bonds is 6. The van der Waals surface area contributed by atoms with Gasteiger partial charge in [-0.1, -0.05) is 6.07 Å². The maximum Gasteiger partial charge on any atom is 0.433 e. The number of halogens is 5. The molecule has 0 aliphatic carbocycles. The van der Waals surface area contributed by atoms with Gasteiger partial charge >= 0.3 is 6.18 Å². The summed E-state index contributed by atoms with van der Waals surface area (Å²) in [4.78, 5) is 27.5. The number of alkyl halides is 3. The summed E-state index contributed by atoms with van der Waals surface area (Å²) >= 11 is 3.03. The number of nitrogens with zero attached hydrogens (tertiary/aromatic N) is 3. The first-order valence-electron chi connectivity index (χ1n) is 9.46. The van der Waals surface area contributed by atoms with Crippen molar-refractivity contribution in [3.05, 3.63) is 92.0 Å². The Morgan fingerprint density at radius 1 is 1.14 bits per heavy atom. The van der Waals surface area contributed by atoms with Crippen molar-refractivity contribution in [3.8, 4) is 0 Å². The number of nitro groups is 1. The molecule has 0 spiro atoms. The fourth-order valence-electron chi connectivity index (χ4n) is 3.10. The van der Waals surface area contributed by atoms with Crippen molar-refractivity contribution < 1.29 is 35.7 Å². The third kappa shape index (κ3) is 6.00. The van der Waals surface area contributed by atoms with Crippen LogP contribution in [0.25, 0.3) is 0 Å². The predicted molar refractivity (Wildman–Crippen MR) is 120 cm³/mol. The number of hydrogen-bond donors (Lipinski definition) is 0. The molecule has 35 heavy (non-hydrogen) atoms. The number of carbonyl (C=O) groups is 1. The Hall–Kier alpha value is -3.39. The molecule has 0 aliphatic heterocycles. The summed E-state index contributed by atoms with van der Waals surface area (Å²) in [5.74, 6) is -1.87. The molecule has 0 radical (unpaired) electrons. The summed E-state index contributed by atoms with van der Waals surface area (Å²) in [6.45, 7) is -0.428. The van der Waals surface area contributed by atoms with Crippen LogP contribution < -0.4 is 4.90 Å². The van der Waals surface area contributed by atoms with Gasteiger partial charge in [0.25, 0.3) is 11.6 Å². The second kappa shape index (κ2) is 9.70. The second-order valence-corrected chi connectivity index (χ2v) is 10.1. The van der Waals surface area contributed by atoms with Crippen molar-refractivity contribution in [1.82, 2.24) is 4.98 Å². The molecule has 3 aromatic rings. The summed E-state index contributed by atoms with van der Waals surface area (Å²) in [5, 5.41) is 11.3. The number of carbonyl (C=O) groups excluding carboxylic acids is 1. The van der Waals surface area contributed by atoms with Crippen molar-refractivity contribution in [3.63, 3.8) is 0 Å². The Bertz CT molecular complexity index is 1410. The van der Waals surface area contributed by atoms with Gasteiger partial charge in [0.15, 0.2) is 9.84 Å². The summed E-state index contributed by atoms with van der Waals surface area (Å²) in [7, 11) is -4.08. The molecule has 0 saturated heterocycles. The molecule has 1 aromatic heterocycles. The van der Waals surface area contributed by atoms with Gasteiger partial charge in [0.2, 0.25) is 0 Å². The quantitative estimate of drug-likeness (QED) is 0.228. The van der Waals surface area contributed by atoms with Crippen molar-refractivity contribution >= 4 is 43.0 Å². The number of anilines is 1. The van der Waals surface area contributed by atoms with E-state index < -0.39 is 49.8 Å². The number of hydrogen-bond acceptors (Lipinski definition) is 6. The zero-order chi connectivity index (χ0) is 26.1. The Labute approximate surface area is 204 Å². The molecule has 0 saturated carbocycles. The van der Waals surface area contributed by atoms with Crippen LogP contribution in [-0.2, 0) is 22.6 Å². The zero-order valence-corrected chi connectivity index (χ0v) is 20.0. The fraction of sp³-hybridized carbons (Fsp3) is 0.143. The third-order valence-corrected chi connectivity index (χ3v) is 6.50. The fourth-order valence-corrected chi connectivity index (χ4v) is 4.37. The van der Waals surface area contributed by atoms with Gasteiger partial charge in [-0.25, -0.2) is 12.8 Å². The molecular formula is C21H14BrF4N3O5S. The van der Waals surface area contributed by atoms with Crippen LogP contribution in [0.4, 0.5) is 28.9 Å². The molecule has 0 bridgehead atoms. The molecule has 0 aliphatic rings. The highest BCUT2D eigenvalue weighted by atomic mass is 79.9. The van der Waals surface area contributed by atoms with Gasteiger partial charge in [-0.3, -0.25) is 19.9 Å². The number of sulfone groups is 1. The van der Waals surface area contributed by atoms with E-state index in [4.69, 9.17) is 0 Å². The standard InChI is InChI=1S/C21H14BrF4N3O5S/c1-35(33,34)18-9-14(23)4-6-16(18)28(11-12-2-5-15(22)17(8-12)29(31)32)20(30)13-3-7-19(27-10-13)21(24,25)26/h2-10H,11H2,1H3. The first-order chi connectivity index (χ1) is 16.2. The van der Waals surface area contributed by atoms with E-state index >= 15 is 0 Å². The molecule has 0 fully saturated rings. The number of aromatic nitrogens is 1. The van der Waals surface area contributed by atoms with Crippen LogP contribution in [0.15, 0.2) is 64.1 Å². The summed E-state index contributed by atoms with van der Waals surface area (Å²) in [6.07, 6.45) is -3.29. The highest BCUT2D eigenvalue weighted by molar-refractivity contribution is 9.10. The van der Waals surface area contributed by atoms with Crippen molar-refractivity contribution in [2.24, 2.45) is 0 Å².